The molecular weight excluding hydrogens is 386 g/mol. The number of ether oxygens (including phenoxy) is 2. The van der Waals surface area contributed by atoms with Gasteiger partial charge in [0.05, 0.1) is 30.0 Å². The SMILES string of the molecule is CCN(CC)CCN(C(=O)c1ccccc1OC)c1nc2ccc(OC)cc2s1. The van der Waals surface area contributed by atoms with Crippen molar-refractivity contribution in [2.75, 3.05) is 45.3 Å². The molecule has 0 aliphatic rings. The maximum Gasteiger partial charge on any atom is 0.263 e. The highest BCUT2D eigenvalue weighted by Crippen LogP contribution is 2.33. The molecule has 0 radical (unpaired) electrons. The molecule has 1 aromatic heterocycles. The number of para-hydroxylation sites is 1. The lowest BCUT2D eigenvalue weighted by Crippen LogP contribution is -2.39. The minimum absolute atomic E-state index is 0.111. The maximum atomic E-state index is 13.5. The molecule has 1 amide bonds. The molecule has 3 aromatic rings. The molecule has 0 saturated carbocycles. The van der Waals surface area contributed by atoms with Gasteiger partial charge < -0.3 is 14.4 Å². The van der Waals surface area contributed by atoms with Crippen molar-refractivity contribution in [2.45, 2.75) is 13.8 Å². The fourth-order valence-electron chi connectivity index (χ4n) is 3.17. The van der Waals surface area contributed by atoms with Gasteiger partial charge in [-0.2, -0.15) is 0 Å². The van der Waals surface area contributed by atoms with E-state index in [0.717, 1.165) is 35.6 Å². The Morgan fingerprint density at radius 3 is 2.48 bits per heavy atom. The number of hydrogen-bond donors (Lipinski definition) is 0. The molecule has 29 heavy (non-hydrogen) atoms. The van der Waals surface area contributed by atoms with Crippen LogP contribution in [-0.2, 0) is 0 Å². The van der Waals surface area contributed by atoms with E-state index in [1.807, 2.05) is 30.3 Å². The van der Waals surface area contributed by atoms with Crippen molar-refractivity contribution in [3.8, 4) is 11.5 Å². The average Bonchev–Trinajstić information content (AvgIpc) is 3.19. The molecule has 0 saturated heterocycles. The van der Waals surface area contributed by atoms with E-state index in [2.05, 4.69) is 18.7 Å². The van der Waals surface area contributed by atoms with Crippen molar-refractivity contribution in [1.29, 1.82) is 0 Å². The smallest absolute Gasteiger partial charge is 0.263 e. The number of carbonyl (C=O) groups is 1. The first kappa shape index (κ1) is 21.1. The summed E-state index contributed by atoms with van der Waals surface area (Å²) in [7, 11) is 3.22. The van der Waals surface area contributed by atoms with Crippen LogP contribution in [-0.4, -0.2) is 56.2 Å². The number of nitrogens with zero attached hydrogens (tertiary/aromatic N) is 3. The van der Waals surface area contributed by atoms with Gasteiger partial charge in [0.15, 0.2) is 5.13 Å². The number of methoxy groups -OCH3 is 2. The monoisotopic (exact) mass is 413 g/mol. The van der Waals surface area contributed by atoms with Crippen LogP contribution in [0.25, 0.3) is 10.2 Å². The third-order valence-electron chi connectivity index (χ3n) is 4.93. The molecule has 0 atom stereocenters. The number of rotatable bonds is 9. The summed E-state index contributed by atoms with van der Waals surface area (Å²) in [5.74, 6) is 1.23. The number of thiazole rings is 1. The summed E-state index contributed by atoms with van der Waals surface area (Å²) in [6.07, 6.45) is 0. The fourth-order valence-corrected chi connectivity index (χ4v) is 4.19. The van der Waals surface area contributed by atoms with Gasteiger partial charge in [0.25, 0.3) is 5.91 Å². The number of likely N-dealkylation sites (N-methyl/N-ethyl adjacent to an activating group) is 1. The van der Waals surface area contributed by atoms with Gasteiger partial charge in [-0.15, -0.1) is 0 Å². The second-order valence-corrected chi connectivity index (χ2v) is 7.52. The first-order valence-electron chi connectivity index (χ1n) is 9.73. The van der Waals surface area contributed by atoms with Gasteiger partial charge in [-0.05, 0) is 43.4 Å². The van der Waals surface area contributed by atoms with Crippen LogP contribution in [0.4, 0.5) is 5.13 Å². The van der Waals surface area contributed by atoms with E-state index in [1.54, 1.807) is 31.3 Å². The summed E-state index contributed by atoms with van der Waals surface area (Å²) in [5, 5.41) is 0.677. The Hall–Kier alpha value is -2.64. The van der Waals surface area contributed by atoms with Gasteiger partial charge in [-0.3, -0.25) is 9.69 Å². The minimum atomic E-state index is -0.111. The van der Waals surface area contributed by atoms with Gasteiger partial charge in [0, 0.05) is 13.1 Å². The maximum absolute atomic E-state index is 13.5. The van der Waals surface area contributed by atoms with E-state index in [9.17, 15) is 4.79 Å². The Kier molecular flexibility index (Phi) is 7.06. The first-order valence-corrected chi connectivity index (χ1v) is 10.5. The molecule has 154 valence electrons. The standard InChI is InChI=1S/C22H27N3O3S/c1-5-24(6-2)13-14-25(21(26)17-9-7-8-10-19(17)28-4)22-23-18-12-11-16(27-3)15-20(18)29-22/h7-12,15H,5-6,13-14H2,1-4H3. The quantitative estimate of drug-likeness (QED) is 0.523. The van der Waals surface area contributed by atoms with Crippen molar-refractivity contribution in [1.82, 2.24) is 9.88 Å². The van der Waals surface area contributed by atoms with Crippen LogP contribution in [0.5, 0.6) is 11.5 Å². The highest BCUT2D eigenvalue weighted by Gasteiger charge is 2.24. The fraction of sp³-hybridized carbons (Fsp3) is 0.364. The normalized spacial score (nSPS) is 11.1. The van der Waals surface area contributed by atoms with E-state index < -0.39 is 0 Å². The molecule has 3 rings (SSSR count). The summed E-state index contributed by atoms with van der Waals surface area (Å²) in [6, 6.07) is 13.1. The van der Waals surface area contributed by atoms with E-state index in [0.29, 0.717) is 23.0 Å². The summed E-state index contributed by atoms with van der Waals surface area (Å²) >= 11 is 1.49. The largest absolute Gasteiger partial charge is 0.497 e. The van der Waals surface area contributed by atoms with E-state index in [4.69, 9.17) is 14.5 Å². The minimum Gasteiger partial charge on any atom is -0.497 e. The Balaban J connectivity index is 1.99. The lowest BCUT2D eigenvalue weighted by molar-refractivity contribution is 0.0981. The van der Waals surface area contributed by atoms with Crippen molar-refractivity contribution in [2.24, 2.45) is 0 Å². The summed E-state index contributed by atoms with van der Waals surface area (Å²) in [6.45, 7) is 7.44. The zero-order valence-electron chi connectivity index (χ0n) is 17.3. The van der Waals surface area contributed by atoms with Crippen LogP contribution in [0.3, 0.4) is 0 Å². The Bertz CT molecular complexity index is 969. The van der Waals surface area contributed by atoms with Crippen LogP contribution in [0.2, 0.25) is 0 Å². The molecular formula is C22H27N3O3S. The average molecular weight is 414 g/mol. The summed E-state index contributed by atoms with van der Waals surface area (Å²) < 4.78 is 11.7. The zero-order chi connectivity index (χ0) is 20.8. The number of benzene rings is 2. The number of anilines is 1. The molecule has 0 bridgehead atoms. The number of amides is 1. The Morgan fingerprint density at radius 1 is 1.03 bits per heavy atom. The van der Waals surface area contributed by atoms with Gasteiger partial charge in [-0.1, -0.05) is 37.3 Å². The van der Waals surface area contributed by atoms with Crippen molar-refractivity contribution in [3.05, 3.63) is 48.0 Å². The number of aromatic nitrogens is 1. The molecule has 0 aliphatic carbocycles. The van der Waals surface area contributed by atoms with Gasteiger partial charge in [0.1, 0.15) is 11.5 Å². The van der Waals surface area contributed by atoms with Gasteiger partial charge in [-0.25, -0.2) is 4.98 Å². The molecule has 0 N–H and O–H groups in total. The first-order chi connectivity index (χ1) is 14.1. The Labute approximate surface area is 175 Å². The van der Waals surface area contributed by atoms with Gasteiger partial charge in [0.2, 0.25) is 0 Å². The predicted molar refractivity (Wildman–Crippen MR) is 119 cm³/mol. The molecule has 0 unspecified atom stereocenters. The molecule has 0 aliphatic heterocycles. The number of carbonyl (C=O) groups excluding carboxylic acids is 1. The topological polar surface area (TPSA) is 54.9 Å². The lowest BCUT2D eigenvalue weighted by Gasteiger charge is -2.25. The third kappa shape index (κ3) is 4.68. The predicted octanol–water partition coefficient (Wildman–Crippen LogP) is 4.30. The second kappa shape index (κ2) is 9.71. The highest BCUT2D eigenvalue weighted by atomic mass is 32.1. The molecule has 0 spiro atoms. The van der Waals surface area contributed by atoms with E-state index in [-0.39, 0.29) is 5.91 Å². The summed E-state index contributed by atoms with van der Waals surface area (Å²) in [5.41, 5.74) is 1.39. The molecule has 1 heterocycles. The van der Waals surface area contributed by atoms with Crippen LogP contribution < -0.4 is 14.4 Å². The van der Waals surface area contributed by atoms with Crippen molar-refractivity contribution in [3.63, 3.8) is 0 Å². The number of fused-ring (bicyclic) bond motifs is 1. The van der Waals surface area contributed by atoms with Gasteiger partial charge >= 0.3 is 0 Å². The third-order valence-corrected chi connectivity index (χ3v) is 5.97. The van der Waals surface area contributed by atoms with Crippen molar-refractivity contribution >= 4 is 32.6 Å². The highest BCUT2D eigenvalue weighted by molar-refractivity contribution is 7.22. The van der Waals surface area contributed by atoms with E-state index in [1.165, 1.54) is 11.3 Å². The van der Waals surface area contributed by atoms with Crippen LogP contribution in [0.15, 0.2) is 42.5 Å². The van der Waals surface area contributed by atoms with Crippen LogP contribution >= 0.6 is 11.3 Å². The molecule has 2 aromatic carbocycles. The summed E-state index contributed by atoms with van der Waals surface area (Å²) in [4.78, 5) is 22.3. The molecule has 7 heteroatoms. The van der Waals surface area contributed by atoms with Crippen LogP contribution in [0, 0.1) is 0 Å². The van der Waals surface area contributed by atoms with Crippen LogP contribution in [0.1, 0.15) is 24.2 Å². The Morgan fingerprint density at radius 2 is 1.79 bits per heavy atom. The second-order valence-electron chi connectivity index (χ2n) is 6.51. The lowest BCUT2D eigenvalue weighted by atomic mass is 10.1. The molecule has 6 nitrogen and oxygen atoms in total. The van der Waals surface area contributed by atoms with Crippen molar-refractivity contribution < 1.29 is 14.3 Å². The molecule has 0 fully saturated rings. The zero-order valence-corrected chi connectivity index (χ0v) is 18.2. The van der Waals surface area contributed by atoms with E-state index >= 15 is 0 Å². The number of hydrogen-bond acceptors (Lipinski definition) is 6.